The van der Waals surface area contributed by atoms with Crippen LogP contribution in [0, 0.1) is 0 Å². The first-order valence-corrected chi connectivity index (χ1v) is 6.33. The third-order valence-corrected chi connectivity index (χ3v) is 2.69. The largest absolute Gasteiger partial charge is 0.462 e. The molecule has 0 unspecified atom stereocenters. The van der Waals surface area contributed by atoms with Crippen molar-refractivity contribution in [3.05, 3.63) is 30.1 Å². The van der Waals surface area contributed by atoms with Crippen molar-refractivity contribution in [2.45, 2.75) is 19.6 Å². The van der Waals surface area contributed by atoms with Gasteiger partial charge in [-0.15, -0.1) is 0 Å². The number of nitrogens with two attached hydrogens (primary N) is 1. The molecule has 0 aliphatic rings. The fraction of sp³-hybridized carbons (Fsp3) is 0.308. The van der Waals surface area contributed by atoms with Crippen molar-refractivity contribution in [3.63, 3.8) is 0 Å². The van der Waals surface area contributed by atoms with Crippen LogP contribution >= 0.6 is 0 Å². The van der Waals surface area contributed by atoms with E-state index in [1.807, 2.05) is 0 Å². The second kappa shape index (κ2) is 6.04. The Hall–Kier alpha value is -2.58. The predicted molar refractivity (Wildman–Crippen MR) is 71.9 cm³/mol. The average Bonchev–Trinajstić information content (AvgIpc) is 2.80. The molecule has 0 amide bonds. The van der Waals surface area contributed by atoms with Crippen LogP contribution in [-0.4, -0.2) is 33.3 Å². The van der Waals surface area contributed by atoms with E-state index in [0.29, 0.717) is 0 Å². The SMILES string of the molecule is CCOC(=O)c1cc(-c2ccnc(N)n2)n(CC(F)(F)F)c1. The van der Waals surface area contributed by atoms with Crippen LogP contribution in [0.5, 0.6) is 0 Å². The second-order valence-corrected chi connectivity index (χ2v) is 4.38. The molecule has 0 aliphatic carbocycles. The zero-order valence-corrected chi connectivity index (χ0v) is 11.6. The lowest BCUT2D eigenvalue weighted by molar-refractivity contribution is -0.140. The molecule has 0 atom stereocenters. The van der Waals surface area contributed by atoms with Crippen LogP contribution in [0.15, 0.2) is 24.5 Å². The molecule has 9 heteroatoms. The van der Waals surface area contributed by atoms with Gasteiger partial charge in [0.15, 0.2) is 0 Å². The monoisotopic (exact) mass is 314 g/mol. The number of nitrogens with zero attached hydrogens (tertiary/aromatic N) is 3. The highest BCUT2D eigenvalue weighted by atomic mass is 19.4. The number of ether oxygens (including phenoxy) is 1. The van der Waals surface area contributed by atoms with Gasteiger partial charge in [0.2, 0.25) is 5.95 Å². The van der Waals surface area contributed by atoms with E-state index in [0.717, 1.165) is 10.8 Å². The molecule has 0 fully saturated rings. The first-order chi connectivity index (χ1) is 10.3. The zero-order chi connectivity index (χ0) is 16.3. The summed E-state index contributed by atoms with van der Waals surface area (Å²) in [5, 5.41) is 0. The number of alkyl halides is 3. The lowest BCUT2D eigenvalue weighted by Crippen LogP contribution is -2.18. The summed E-state index contributed by atoms with van der Waals surface area (Å²) in [5.74, 6) is -0.776. The molecule has 2 N–H and O–H groups in total. The Morgan fingerprint density at radius 1 is 1.45 bits per heavy atom. The number of esters is 1. The number of hydrogen-bond acceptors (Lipinski definition) is 5. The van der Waals surface area contributed by atoms with Gasteiger partial charge in [-0.2, -0.15) is 13.2 Å². The molecule has 0 spiro atoms. The number of anilines is 1. The Bertz CT molecular complexity index is 682. The summed E-state index contributed by atoms with van der Waals surface area (Å²) in [4.78, 5) is 19.3. The van der Waals surface area contributed by atoms with Gasteiger partial charge in [-0.05, 0) is 19.1 Å². The van der Waals surface area contributed by atoms with Gasteiger partial charge in [0.1, 0.15) is 6.54 Å². The molecular formula is C13H13F3N4O2. The van der Waals surface area contributed by atoms with E-state index < -0.39 is 18.7 Å². The van der Waals surface area contributed by atoms with Crippen LogP contribution < -0.4 is 5.73 Å². The van der Waals surface area contributed by atoms with Gasteiger partial charge in [-0.1, -0.05) is 0 Å². The number of hydrogen-bond donors (Lipinski definition) is 1. The lowest BCUT2D eigenvalue weighted by Gasteiger charge is -2.11. The molecular weight excluding hydrogens is 301 g/mol. The molecule has 2 rings (SSSR count). The predicted octanol–water partition coefficient (Wildman–Crippen LogP) is 2.27. The van der Waals surface area contributed by atoms with Gasteiger partial charge in [-0.25, -0.2) is 14.8 Å². The summed E-state index contributed by atoms with van der Waals surface area (Å²) in [6.45, 7) is 0.474. The maximum absolute atomic E-state index is 12.7. The molecule has 2 aromatic rings. The van der Waals surface area contributed by atoms with Crippen LogP contribution in [0.1, 0.15) is 17.3 Å². The minimum absolute atomic E-state index is 0.0123. The van der Waals surface area contributed by atoms with Crippen LogP contribution in [0.2, 0.25) is 0 Å². The van der Waals surface area contributed by atoms with E-state index >= 15 is 0 Å². The fourth-order valence-electron chi connectivity index (χ4n) is 1.89. The zero-order valence-electron chi connectivity index (χ0n) is 11.6. The van der Waals surface area contributed by atoms with Crippen molar-refractivity contribution in [1.82, 2.24) is 14.5 Å². The van der Waals surface area contributed by atoms with E-state index in [1.54, 1.807) is 6.92 Å². The van der Waals surface area contributed by atoms with Crippen molar-refractivity contribution in [2.75, 3.05) is 12.3 Å². The van der Waals surface area contributed by atoms with E-state index in [9.17, 15) is 18.0 Å². The molecule has 0 aromatic carbocycles. The maximum atomic E-state index is 12.7. The van der Waals surface area contributed by atoms with E-state index in [2.05, 4.69) is 9.97 Å². The molecule has 6 nitrogen and oxygen atoms in total. The van der Waals surface area contributed by atoms with Crippen LogP contribution in [0.4, 0.5) is 19.1 Å². The molecule has 0 aliphatic heterocycles. The molecule has 0 saturated heterocycles. The van der Waals surface area contributed by atoms with Gasteiger partial charge in [0.05, 0.1) is 23.6 Å². The van der Waals surface area contributed by atoms with Crippen LogP contribution in [0.25, 0.3) is 11.4 Å². The summed E-state index contributed by atoms with van der Waals surface area (Å²) < 4.78 is 43.7. The maximum Gasteiger partial charge on any atom is 0.406 e. The highest BCUT2D eigenvalue weighted by Gasteiger charge is 2.30. The van der Waals surface area contributed by atoms with Gasteiger partial charge in [0.25, 0.3) is 0 Å². The summed E-state index contributed by atoms with van der Waals surface area (Å²) in [7, 11) is 0. The smallest absolute Gasteiger partial charge is 0.406 e. The molecule has 118 valence electrons. The van der Waals surface area contributed by atoms with Crippen molar-refractivity contribution in [3.8, 4) is 11.4 Å². The summed E-state index contributed by atoms with van der Waals surface area (Å²) in [6.07, 6.45) is -2.04. The van der Waals surface area contributed by atoms with E-state index in [4.69, 9.17) is 10.5 Å². The van der Waals surface area contributed by atoms with Crippen molar-refractivity contribution >= 4 is 11.9 Å². The van der Waals surface area contributed by atoms with Crippen molar-refractivity contribution in [1.29, 1.82) is 0 Å². The molecule has 0 radical (unpaired) electrons. The number of halogens is 3. The number of aromatic nitrogens is 3. The Balaban J connectivity index is 2.47. The quantitative estimate of drug-likeness (QED) is 0.875. The fourth-order valence-corrected chi connectivity index (χ4v) is 1.89. The van der Waals surface area contributed by atoms with Crippen molar-refractivity contribution in [2.24, 2.45) is 0 Å². The highest BCUT2D eigenvalue weighted by Crippen LogP contribution is 2.26. The molecule has 0 saturated carbocycles. The highest BCUT2D eigenvalue weighted by molar-refractivity contribution is 5.90. The van der Waals surface area contributed by atoms with Gasteiger partial charge in [-0.3, -0.25) is 0 Å². The van der Waals surface area contributed by atoms with Gasteiger partial charge < -0.3 is 15.0 Å². The lowest BCUT2D eigenvalue weighted by atomic mass is 10.2. The second-order valence-electron chi connectivity index (χ2n) is 4.38. The third-order valence-electron chi connectivity index (χ3n) is 2.69. The number of carbonyl (C=O) groups is 1. The Morgan fingerprint density at radius 3 is 2.77 bits per heavy atom. The average molecular weight is 314 g/mol. The standard InChI is InChI=1S/C13H13F3N4O2/c1-2-22-11(21)8-5-10(9-3-4-18-12(17)19-9)20(6-8)7-13(14,15)16/h3-6H,2,7H2,1H3,(H2,17,18,19). The van der Waals surface area contributed by atoms with Gasteiger partial charge in [0, 0.05) is 12.4 Å². The van der Waals surface area contributed by atoms with E-state index in [-0.39, 0.29) is 29.5 Å². The normalized spacial score (nSPS) is 11.5. The molecule has 0 bridgehead atoms. The van der Waals surface area contributed by atoms with Crippen LogP contribution in [-0.2, 0) is 11.3 Å². The van der Waals surface area contributed by atoms with Crippen molar-refractivity contribution < 1.29 is 22.7 Å². The Labute approximate surface area is 123 Å². The Kier molecular flexibility index (Phi) is 4.34. The topological polar surface area (TPSA) is 83.0 Å². The number of carbonyl (C=O) groups excluding carboxylic acids is 1. The van der Waals surface area contributed by atoms with Crippen LogP contribution in [0.3, 0.4) is 0 Å². The number of nitrogen functional groups attached to an aromatic ring is 1. The summed E-state index contributed by atoms with van der Waals surface area (Å²) >= 11 is 0. The molecule has 2 heterocycles. The third kappa shape index (κ3) is 3.74. The minimum atomic E-state index is -4.45. The molecule has 22 heavy (non-hydrogen) atoms. The van der Waals surface area contributed by atoms with E-state index in [1.165, 1.54) is 18.3 Å². The first-order valence-electron chi connectivity index (χ1n) is 6.33. The minimum Gasteiger partial charge on any atom is -0.462 e. The molecule has 2 aromatic heterocycles. The number of rotatable bonds is 4. The first kappa shape index (κ1) is 15.8. The summed E-state index contributed by atoms with van der Waals surface area (Å²) in [5.41, 5.74) is 5.75. The van der Waals surface area contributed by atoms with Gasteiger partial charge >= 0.3 is 12.1 Å². The summed E-state index contributed by atoms with van der Waals surface area (Å²) in [6, 6.07) is 2.69. The Morgan fingerprint density at radius 2 is 2.18 bits per heavy atom.